The first-order chi connectivity index (χ1) is 15.7. The van der Waals surface area contributed by atoms with Crippen molar-refractivity contribution in [1.82, 2.24) is 10.2 Å². The first-order valence-corrected chi connectivity index (χ1v) is 13.4. The number of rotatable bonds is 9. The van der Waals surface area contributed by atoms with Crippen LogP contribution in [0.5, 0.6) is 0 Å². The third kappa shape index (κ3) is 6.87. The Balaban J connectivity index is 2.50. The Labute approximate surface area is 212 Å². The maximum atomic E-state index is 13.6. The number of nitrogens with one attached hydrogen (secondary N) is 1. The molecule has 0 radical (unpaired) electrons. The van der Waals surface area contributed by atoms with E-state index < -0.39 is 28.5 Å². The third-order valence-electron chi connectivity index (χ3n) is 5.51. The van der Waals surface area contributed by atoms with Crippen LogP contribution in [0.25, 0.3) is 0 Å². The Bertz CT molecular complexity index is 1150. The van der Waals surface area contributed by atoms with Gasteiger partial charge in [-0.15, -0.1) is 0 Å². The predicted octanol–water partition coefficient (Wildman–Crippen LogP) is 4.32. The van der Waals surface area contributed by atoms with E-state index in [0.717, 1.165) is 21.7 Å². The van der Waals surface area contributed by atoms with Gasteiger partial charge in [0.15, 0.2) is 0 Å². The van der Waals surface area contributed by atoms with Crippen LogP contribution in [-0.4, -0.2) is 50.0 Å². The normalized spacial score (nSPS) is 12.4. The number of sulfonamides is 1. The average Bonchev–Trinajstić information content (AvgIpc) is 2.72. The van der Waals surface area contributed by atoms with Gasteiger partial charge >= 0.3 is 0 Å². The van der Waals surface area contributed by atoms with Crippen molar-refractivity contribution in [2.24, 2.45) is 0 Å². The first-order valence-electron chi connectivity index (χ1n) is 10.8. The van der Waals surface area contributed by atoms with E-state index in [1.807, 2.05) is 26.8 Å². The van der Waals surface area contributed by atoms with E-state index in [4.69, 9.17) is 23.2 Å². The van der Waals surface area contributed by atoms with Crippen LogP contribution in [0.15, 0.2) is 36.4 Å². The Hall–Kier alpha value is -2.29. The Morgan fingerprint density at radius 1 is 1.00 bits per heavy atom. The summed E-state index contributed by atoms with van der Waals surface area (Å²) in [5.74, 6) is -0.933. The molecule has 34 heavy (non-hydrogen) atoms. The zero-order chi connectivity index (χ0) is 25.8. The zero-order valence-corrected chi connectivity index (χ0v) is 22.6. The molecule has 186 valence electrons. The Kier molecular flexibility index (Phi) is 9.39. The van der Waals surface area contributed by atoms with Gasteiger partial charge < -0.3 is 10.2 Å². The second-order valence-electron chi connectivity index (χ2n) is 8.55. The topological polar surface area (TPSA) is 86.8 Å². The average molecular weight is 529 g/mol. The summed E-state index contributed by atoms with van der Waals surface area (Å²) < 4.78 is 26.5. The molecular formula is C24H31Cl2N3O4S. The summed E-state index contributed by atoms with van der Waals surface area (Å²) in [6.07, 6.45) is 1.05. The quantitative estimate of drug-likeness (QED) is 0.526. The molecule has 0 heterocycles. The van der Waals surface area contributed by atoms with E-state index >= 15 is 0 Å². The van der Waals surface area contributed by atoms with Crippen molar-refractivity contribution in [3.63, 3.8) is 0 Å². The third-order valence-corrected chi connectivity index (χ3v) is 7.35. The number of anilines is 1. The van der Waals surface area contributed by atoms with Crippen molar-refractivity contribution >= 4 is 50.7 Å². The number of benzene rings is 2. The summed E-state index contributed by atoms with van der Waals surface area (Å²) in [7, 11) is -3.81. The molecule has 0 fully saturated rings. The lowest BCUT2D eigenvalue weighted by Gasteiger charge is -2.32. The minimum Gasteiger partial charge on any atom is -0.352 e. The lowest BCUT2D eigenvalue weighted by atomic mass is 10.1. The minimum atomic E-state index is -3.81. The van der Waals surface area contributed by atoms with Crippen molar-refractivity contribution in [3.8, 4) is 0 Å². The summed E-state index contributed by atoms with van der Waals surface area (Å²) in [5.41, 5.74) is 2.52. The number of aryl methyl sites for hydroxylation is 1. The number of nitrogens with zero attached hydrogens (tertiary/aromatic N) is 2. The second kappa shape index (κ2) is 11.4. The van der Waals surface area contributed by atoms with Crippen molar-refractivity contribution in [2.45, 2.75) is 53.2 Å². The molecule has 1 N–H and O–H groups in total. The summed E-state index contributed by atoms with van der Waals surface area (Å²) in [4.78, 5) is 27.7. The molecule has 0 aliphatic rings. The molecule has 0 saturated carbocycles. The van der Waals surface area contributed by atoms with E-state index in [0.29, 0.717) is 21.3 Å². The lowest BCUT2D eigenvalue weighted by molar-refractivity contribution is -0.139. The fraction of sp³-hybridized carbons (Fsp3) is 0.417. The van der Waals surface area contributed by atoms with Crippen molar-refractivity contribution < 1.29 is 18.0 Å². The van der Waals surface area contributed by atoms with Crippen LogP contribution in [0.1, 0.15) is 37.5 Å². The van der Waals surface area contributed by atoms with Crippen LogP contribution in [0.4, 0.5) is 5.69 Å². The molecule has 2 amide bonds. The summed E-state index contributed by atoms with van der Waals surface area (Å²) in [6, 6.07) is 9.18. The molecule has 7 nitrogen and oxygen atoms in total. The Morgan fingerprint density at radius 3 is 2.09 bits per heavy atom. The van der Waals surface area contributed by atoms with Gasteiger partial charge in [0, 0.05) is 28.2 Å². The van der Waals surface area contributed by atoms with Crippen molar-refractivity contribution in [3.05, 3.63) is 63.1 Å². The highest BCUT2D eigenvalue weighted by molar-refractivity contribution is 7.92. The van der Waals surface area contributed by atoms with Gasteiger partial charge in [0.25, 0.3) is 0 Å². The molecule has 0 aliphatic carbocycles. The van der Waals surface area contributed by atoms with E-state index in [9.17, 15) is 18.0 Å². The molecule has 10 heteroatoms. The van der Waals surface area contributed by atoms with Gasteiger partial charge in [-0.2, -0.15) is 0 Å². The van der Waals surface area contributed by atoms with Crippen LogP contribution < -0.4 is 9.62 Å². The van der Waals surface area contributed by atoms with E-state index in [-0.39, 0.29) is 18.5 Å². The molecule has 0 spiro atoms. The van der Waals surface area contributed by atoms with E-state index in [2.05, 4.69) is 5.32 Å². The van der Waals surface area contributed by atoms with Gasteiger partial charge in [-0.25, -0.2) is 8.42 Å². The number of amides is 2. The van der Waals surface area contributed by atoms with Gasteiger partial charge in [0.05, 0.1) is 11.9 Å². The number of halogens is 2. The maximum Gasteiger partial charge on any atom is 0.244 e. The number of carbonyl (C=O) groups excluding carboxylic acids is 2. The van der Waals surface area contributed by atoms with Crippen LogP contribution in [0, 0.1) is 13.8 Å². The van der Waals surface area contributed by atoms with Crippen molar-refractivity contribution in [1.29, 1.82) is 0 Å². The largest absolute Gasteiger partial charge is 0.352 e. The summed E-state index contributed by atoms with van der Waals surface area (Å²) in [5, 5.41) is 3.48. The molecular weight excluding hydrogens is 497 g/mol. The zero-order valence-electron chi connectivity index (χ0n) is 20.2. The second-order valence-corrected chi connectivity index (χ2v) is 11.3. The molecule has 0 aromatic heterocycles. The molecule has 0 bridgehead atoms. The predicted molar refractivity (Wildman–Crippen MR) is 138 cm³/mol. The maximum absolute atomic E-state index is 13.6. The fourth-order valence-corrected chi connectivity index (χ4v) is 4.86. The van der Waals surface area contributed by atoms with Gasteiger partial charge in [-0.3, -0.25) is 13.9 Å². The van der Waals surface area contributed by atoms with Crippen LogP contribution in [0.2, 0.25) is 10.0 Å². The highest BCUT2D eigenvalue weighted by Gasteiger charge is 2.31. The Morgan fingerprint density at radius 2 is 1.56 bits per heavy atom. The van der Waals surface area contributed by atoms with Gasteiger partial charge in [-0.05, 0) is 63.9 Å². The number of hydrogen-bond acceptors (Lipinski definition) is 4. The summed E-state index contributed by atoms with van der Waals surface area (Å²) >= 11 is 12.7. The minimum absolute atomic E-state index is 0.0611. The smallest absolute Gasteiger partial charge is 0.244 e. The standard InChI is InChI=1S/C24H31Cl2N3O4S/c1-15(2)27-24(31)18(5)28(13-19-20(25)10-8-11-21(19)26)23(30)14-29(34(6,32)33)22-12-7-9-16(3)17(22)4/h7-12,15,18H,13-14H2,1-6H3,(H,27,31)/t18-/m0/s1. The van der Waals surface area contributed by atoms with Gasteiger partial charge in [0.1, 0.15) is 12.6 Å². The molecule has 0 unspecified atom stereocenters. The molecule has 2 rings (SSSR count). The highest BCUT2D eigenvalue weighted by atomic mass is 35.5. The fourth-order valence-electron chi connectivity index (χ4n) is 3.44. The van der Waals surface area contributed by atoms with Gasteiger partial charge in [-0.1, -0.05) is 41.4 Å². The number of hydrogen-bond donors (Lipinski definition) is 1. The molecule has 2 aromatic carbocycles. The van der Waals surface area contributed by atoms with E-state index in [1.165, 1.54) is 4.90 Å². The van der Waals surface area contributed by atoms with E-state index in [1.54, 1.807) is 44.2 Å². The van der Waals surface area contributed by atoms with Crippen molar-refractivity contribution in [2.75, 3.05) is 17.1 Å². The number of carbonyl (C=O) groups is 2. The molecule has 0 saturated heterocycles. The summed E-state index contributed by atoms with van der Waals surface area (Å²) in [6.45, 7) is 8.34. The van der Waals surface area contributed by atoms with Crippen LogP contribution in [-0.2, 0) is 26.2 Å². The van der Waals surface area contributed by atoms with Crippen LogP contribution in [0.3, 0.4) is 0 Å². The highest BCUT2D eigenvalue weighted by Crippen LogP contribution is 2.28. The lowest BCUT2D eigenvalue weighted by Crippen LogP contribution is -2.52. The van der Waals surface area contributed by atoms with Gasteiger partial charge in [0.2, 0.25) is 21.8 Å². The molecule has 2 aromatic rings. The monoisotopic (exact) mass is 527 g/mol. The molecule has 1 atom stereocenters. The SMILES string of the molecule is Cc1cccc(N(CC(=O)N(Cc2c(Cl)cccc2Cl)[C@@H](C)C(=O)NC(C)C)S(C)(=O)=O)c1C. The van der Waals surface area contributed by atoms with Crippen LogP contribution >= 0.6 is 23.2 Å². The first kappa shape index (κ1) is 28.0. The molecule has 0 aliphatic heterocycles.